The summed E-state index contributed by atoms with van der Waals surface area (Å²) in [4.78, 5) is 5.44. The molecule has 1 N–H and O–H groups in total. The number of hydrogen-bond acceptors (Lipinski definition) is 4. The zero-order chi connectivity index (χ0) is 14.2. The van der Waals surface area contributed by atoms with Crippen molar-refractivity contribution in [3.05, 3.63) is 59.7 Å². The molecule has 20 heavy (non-hydrogen) atoms. The maximum Gasteiger partial charge on any atom is 0.127 e. The van der Waals surface area contributed by atoms with Crippen molar-refractivity contribution in [1.29, 1.82) is 0 Å². The first-order valence-corrected chi connectivity index (χ1v) is 6.43. The van der Waals surface area contributed by atoms with Crippen LogP contribution in [0.3, 0.4) is 0 Å². The van der Waals surface area contributed by atoms with Crippen LogP contribution in [0.5, 0.6) is 11.5 Å². The van der Waals surface area contributed by atoms with Crippen molar-refractivity contribution >= 4 is 0 Å². The molecule has 0 saturated carbocycles. The second-order valence-electron chi connectivity index (χ2n) is 4.27. The molecule has 0 bridgehead atoms. The lowest BCUT2D eigenvalue weighted by Crippen LogP contribution is -2.14. The maximum absolute atomic E-state index is 5.44. The molecular weight excluding hydrogens is 254 g/mol. The molecule has 4 nitrogen and oxygen atoms in total. The summed E-state index contributed by atoms with van der Waals surface area (Å²) in [7, 11) is 3.28. The molecule has 2 aromatic carbocycles. The number of methoxy groups -OCH3 is 2. The number of hydroxylamine groups is 1. The molecule has 0 aliphatic rings. The van der Waals surface area contributed by atoms with Gasteiger partial charge in [0.05, 0.1) is 20.8 Å². The Hall–Kier alpha value is -2.04. The molecule has 0 radical (unpaired) electrons. The highest BCUT2D eigenvalue weighted by Gasteiger charge is 2.04. The monoisotopic (exact) mass is 273 g/mol. The van der Waals surface area contributed by atoms with E-state index >= 15 is 0 Å². The number of ether oxygens (including phenoxy) is 2. The van der Waals surface area contributed by atoms with Crippen LogP contribution in [0.4, 0.5) is 0 Å². The maximum atomic E-state index is 5.44. The highest BCUT2D eigenvalue weighted by molar-refractivity contribution is 5.40. The Labute approximate surface area is 119 Å². The lowest BCUT2D eigenvalue weighted by molar-refractivity contribution is 0.0231. The van der Waals surface area contributed by atoms with Gasteiger partial charge in [-0.05, 0) is 11.6 Å². The van der Waals surface area contributed by atoms with Crippen molar-refractivity contribution in [2.45, 2.75) is 13.2 Å². The van der Waals surface area contributed by atoms with Crippen LogP contribution < -0.4 is 15.0 Å². The van der Waals surface area contributed by atoms with E-state index in [4.69, 9.17) is 14.3 Å². The van der Waals surface area contributed by atoms with Gasteiger partial charge in [-0.15, -0.1) is 0 Å². The van der Waals surface area contributed by atoms with E-state index in [0.717, 1.165) is 22.6 Å². The van der Waals surface area contributed by atoms with Gasteiger partial charge in [0, 0.05) is 18.2 Å². The van der Waals surface area contributed by atoms with Gasteiger partial charge in [-0.25, -0.2) is 0 Å². The normalized spacial score (nSPS) is 10.3. The molecular formula is C16H19NO3. The van der Waals surface area contributed by atoms with Crippen LogP contribution in [0.1, 0.15) is 11.1 Å². The third kappa shape index (κ3) is 3.98. The SMILES string of the molecule is COc1ccc(CNOCc2ccccc2)c(OC)c1. The molecule has 4 heteroatoms. The summed E-state index contributed by atoms with van der Waals surface area (Å²) in [6.45, 7) is 1.10. The summed E-state index contributed by atoms with van der Waals surface area (Å²) in [5.41, 5.74) is 5.08. The fourth-order valence-electron chi connectivity index (χ4n) is 1.84. The molecule has 0 heterocycles. The first-order valence-electron chi connectivity index (χ1n) is 6.43. The minimum absolute atomic E-state index is 0.527. The average molecular weight is 273 g/mol. The topological polar surface area (TPSA) is 39.7 Å². The molecule has 0 aliphatic heterocycles. The predicted octanol–water partition coefficient (Wildman–Crippen LogP) is 2.93. The van der Waals surface area contributed by atoms with E-state index < -0.39 is 0 Å². The molecule has 0 spiro atoms. The summed E-state index contributed by atoms with van der Waals surface area (Å²) in [6.07, 6.45) is 0. The van der Waals surface area contributed by atoms with Gasteiger partial charge in [-0.1, -0.05) is 36.4 Å². The third-order valence-electron chi connectivity index (χ3n) is 2.94. The first-order chi connectivity index (χ1) is 9.83. The van der Waals surface area contributed by atoms with Gasteiger partial charge >= 0.3 is 0 Å². The molecule has 2 rings (SSSR count). The molecule has 0 fully saturated rings. The van der Waals surface area contributed by atoms with Gasteiger partial charge in [-0.2, -0.15) is 5.48 Å². The van der Waals surface area contributed by atoms with E-state index in [1.807, 2.05) is 48.5 Å². The Morgan fingerprint density at radius 2 is 1.75 bits per heavy atom. The fraction of sp³-hybridized carbons (Fsp3) is 0.250. The molecule has 2 aromatic rings. The first kappa shape index (κ1) is 14.4. The largest absolute Gasteiger partial charge is 0.497 e. The van der Waals surface area contributed by atoms with Crippen molar-refractivity contribution in [2.24, 2.45) is 0 Å². The van der Waals surface area contributed by atoms with E-state index in [1.54, 1.807) is 14.2 Å². The molecule has 0 unspecified atom stereocenters. The summed E-state index contributed by atoms with van der Waals surface area (Å²) in [5.74, 6) is 1.55. The molecule has 106 valence electrons. The number of benzene rings is 2. The number of nitrogens with one attached hydrogen (secondary N) is 1. The van der Waals surface area contributed by atoms with Gasteiger partial charge < -0.3 is 9.47 Å². The van der Waals surface area contributed by atoms with Crippen LogP contribution >= 0.6 is 0 Å². The van der Waals surface area contributed by atoms with E-state index in [-0.39, 0.29) is 0 Å². The van der Waals surface area contributed by atoms with E-state index in [2.05, 4.69) is 5.48 Å². The summed E-state index contributed by atoms with van der Waals surface area (Å²) >= 11 is 0. The van der Waals surface area contributed by atoms with Crippen LogP contribution in [0.25, 0.3) is 0 Å². The lowest BCUT2D eigenvalue weighted by Gasteiger charge is -2.11. The lowest BCUT2D eigenvalue weighted by atomic mass is 10.2. The Bertz CT molecular complexity index is 529. The summed E-state index contributed by atoms with van der Waals surface area (Å²) in [6, 6.07) is 15.7. The quantitative estimate of drug-likeness (QED) is 0.622. The van der Waals surface area contributed by atoms with Crippen LogP contribution in [0, 0.1) is 0 Å². The summed E-state index contributed by atoms with van der Waals surface area (Å²) < 4.78 is 10.5. The van der Waals surface area contributed by atoms with Gasteiger partial charge in [0.2, 0.25) is 0 Å². The standard InChI is InChI=1S/C16H19NO3/c1-18-15-9-8-14(16(10-15)19-2)11-17-20-12-13-6-4-3-5-7-13/h3-10,17H,11-12H2,1-2H3. The predicted molar refractivity (Wildman–Crippen MR) is 77.6 cm³/mol. The smallest absolute Gasteiger partial charge is 0.127 e. The van der Waals surface area contributed by atoms with Gasteiger partial charge in [0.1, 0.15) is 11.5 Å². The average Bonchev–Trinajstić information content (AvgIpc) is 2.52. The van der Waals surface area contributed by atoms with Gasteiger partial charge in [0.15, 0.2) is 0 Å². The van der Waals surface area contributed by atoms with Crippen molar-refractivity contribution in [2.75, 3.05) is 14.2 Å². The van der Waals surface area contributed by atoms with Crippen molar-refractivity contribution < 1.29 is 14.3 Å². The Kier molecular flexibility index (Phi) is 5.41. The van der Waals surface area contributed by atoms with Crippen molar-refractivity contribution in [3.63, 3.8) is 0 Å². The van der Waals surface area contributed by atoms with Crippen LogP contribution in [-0.4, -0.2) is 14.2 Å². The zero-order valence-corrected chi connectivity index (χ0v) is 11.8. The highest BCUT2D eigenvalue weighted by Crippen LogP contribution is 2.24. The van der Waals surface area contributed by atoms with Crippen LogP contribution in [0.15, 0.2) is 48.5 Å². The van der Waals surface area contributed by atoms with E-state index in [1.165, 1.54) is 0 Å². The fourth-order valence-corrected chi connectivity index (χ4v) is 1.84. The van der Waals surface area contributed by atoms with Gasteiger partial charge in [0.25, 0.3) is 0 Å². The number of rotatable bonds is 7. The minimum Gasteiger partial charge on any atom is -0.497 e. The molecule has 0 aromatic heterocycles. The second-order valence-corrected chi connectivity index (χ2v) is 4.27. The zero-order valence-electron chi connectivity index (χ0n) is 11.8. The second kappa shape index (κ2) is 7.53. The molecule has 0 amide bonds. The molecule has 0 aliphatic carbocycles. The van der Waals surface area contributed by atoms with Gasteiger partial charge in [-0.3, -0.25) is 4.84 Å². The van der Waals surface area contributed by atoms with Crippen molar-refractivity contribution in [3.8, 4) is 11.5 Å². The van der Waals surface area contributed by atoms with Crippen molar-refractivity contribution in [1.82, 2.24) is 5.48 Å². The summed E-state index contributed by atoms with van der Waals surface area (Å²) in [5, 5.41) is 0. The van der Waals surface area contributed by atoms with E-state index in [0.29, 0.717) is 13.2 Å². The van der Waals surface area contributed by atoms with Crippen LogP contribution in [0.2, 0.25) is 0 Å². The number of hydrogen-bond donors (Lipinski definition) is 1. The third-order valence-corrected chi connectivity index (χ3v) is 2.94. The minimum atomic E-state index is 0.527. The Morgan fingerprint density at radius 3 is 2.45 bits per heavy atom. The Morgan fingerprint density at radius 1 is 0.950 bits per heavy atom. The molecule has 0 atom stereocenters. The molecule has 0 saturated heterocycles. The highest BCUT2D eigenvalue weighted by atomic mass is 16.6. The Balaban J connectivity index is 1.85. The van der Waals surface area contributed by atoms with E-state index in [9.17, 15) is 0 Å². The van der Waals surface area contributed by atoms with Crippen LogP contribution in [-0.2, 0) is 18.0 Å².